The van der Waals surface area contributed by atoms with Crippen LogP contribution < -0.4 is 0 Å². The van der Waals surface area contributed by atoms with Crippen LogP contribution in [0, 0.1) is 10.1 Å². The SMILES string of the molecule is CCOC(=O)C1CCCCN1C(=O)c1cc([N+](=O)[O-])cc(S(C)(=O)=O)c1. The van der Waals surface area contributed by atoms with Crippen molar-refractivity contribution < 1.29 is 27.7 Å². The number of carbonyl (C=O) groups excluding carboxylic acids is 2. The van der Waals surface area contributed by atoms with Gasteiger partial charge in [0.1, 0.15) is 6.04 Å². The number of nitrogens with zero attached hydrogens (tertiary/aromatic N) is 2. The van der Waals surface area contributed by atoms with Gasteiger partial charge in [-0.1, -0.05) is 0 Å². The van der Waals surface area contributed by atoms with E-state index in [0.717, 1.165) is 30.9 Å². The largest absolute Gasteiger partial charge is 0.464 e. The van der Waals surface area contributed by atoms with Crippen molar-refractivity contribution in [3.63, 3.8) is 0 Å². The lowest BCUT2D eigenvalue weighted by Gasteiger charge is -2.34. The summed E-state index contributed by atoms with van der Waals surface area (Å²) in [5.74, 6) is -1.16. The third-order valence-electron chi connectivity index (χ3n) is 4.10. The smallest absolute Gasteiger partial charge is 0.328 e. The van der Waals surface area contributed by atoms with Gasteiger partial charge in [-0.15, -0.1) is 0 Å². The molecule has 1 atom stereocenters. The average Bonchev–Trinajstić information content (AvgIpc) is 2.60. The van der Waals surface area contributed by atoms with E-state index in [-0.39, 0.29) is 17.1 Å². The lowest BCUT2D eigenvalue weighted by molar-refractivity contribution is -0.385. The lowest BCUT2D eigenvalue weighted by atomic mass is 10.0. The maximum atomic E-state index is 12.9. The average molecular weight is 384 g/mol. The molecule has 0 bridgehead atoms. The first-order chi connectivity index (χ1) is 12.1. The zero-order valence-electron chi connectivity index (χ0n) is 14.5. The Morgan fingerprint density at radius 3 is 2.58 bits per heavy atom. The zero-order chi connectivity index (χ0) is 19.5. The first kappa shape index (κ1) is 19.8. The second-order valence-corrected chi connectivity index (χ2v) is 8.02. The monoisotopic (exact) mass is 384 g/mol. The fourth-order valence-electron chi connectivity index (χ4n) is 2.85. The summed E-state index contributed by atoms with van der Waals surface area (Å²) in [5.41, 5.74) is -0.642. The maximum absolute atomic E-state index is 12.9. The molecule has 0 saturated carbocycles. The van der Waals surface area contributed by atoms with Gasteiger partial charge in [-0.3, -0.25) is 14.9 Å². The number of nitro benzene ring substituents is 1. The molecule has 1 aliphatic rings. The topological polar surface area (TPSA) is 124 Å². The molecule has 1 unspecified atom stereocenters. The molecule has 1 aliphatic heterocycles. The van der Waals surface area contributed by atoms with Crippen LogP contribution in [0.4, 0.5) is 5.69 Å². The van der Waals surface area contributed by atoms with Crippen molar-refractivity contribution in [2.75, 3.05) is 19.4 Å². The van der Waals surface area contributed by atoms with Crippen LogP contribution in [0.15, 0.2) is 23.1 Å². The highest BCUT2D eigenvalue weighted by atomic mass is 32.2. The third-order valence-corrected chi connectivity index (χ3v) is 5.19. The molecular weight excluding hydrogens is 364 g/mol. The van der Waals surface area contributed by atoms with E-state index in [1.165, 1.54) is 4.90 Å². The van der Waals surface area contributed by atoms with Crippen LogP contribution in [0.2, 0.25) is 0 Å². The molecule has 0 spiro atoms. The number of piperidine rings is 1. The first-order valence-corrected chi connectivity index (χ1v) is 10.0. The standard InChI is InChI=1S/C16H20N2O7S/c1-3-25-16(20)14-6-4-5-7-17(14)15(19)11-8-12(18(21)22)10-13(9-11)26(2,23)24/h8-10,14H,3-7H2,1-2H3. The molecule has 1 aromatic rings. The molecule has 1 saturated heterocycles. The second-order valence-electron chi connectivity index (χ2n) is 6.01. The van der Waals surface area contributed by atoms with Crippen molar-refractivity contribution in [1.82, 2.24) is 4.90 Å². The van der Waals surface area contributed by atoms with Crippen molar-refractivity contribution in [2.45, 2.75) is 37.1 Å². The van der Waals surface area contributed by atoms with Crippen LogP contribution >= 0.6 is 0 Å². The molecule has 9 nitrogen and oxygen atoms in total. The molecule has 142 valence electrons. The van der Waals surface area contributed by atoms with E-state index < -0.39 is 38.4 Å². The third kappa shape index (κ3) is 4.37. The molecule has 0 radical (unpaired) electrons. The van der Waals surface area contributed by atoms with Crippen LogP contribution in [-0.4, -0.2) is 55.6 Å². The number of amides is 1. The fourth-order valence-corrected chi connectivity index (χ4v) is 3.53. The van der Waals surface area contributed by atoms with Gasteiger partial charge in [-0.2, -0.15) is 0 Å². The minimum absolute atomic E-state index is 0.143. The van der Waals surface area contributed by atoms with Gasteiger partial charge in [0.2, 0.25) is 0 Å². The Morgan fingerprint density at radius 1 is 1.31 bits per heavy atom. The minimum atomic E-state index is -3.75. The molecule has 2 rings (SSSR count). The minimum Gasteiger partial charge on any atom is -0.464 e. The maximum Gasteiger partial charge on any atom is 0.328 e. The summed E-state index contributed by atoms with van der Waals surface area (Å²) in [6.07, 6.45) is 2.76. The summed E-state index contributed by atoms with van der Waals surface area (Å²) < 4.78 is 28.6. The number of non-ortho nitro benzene ring substituents is 1. The van der Waals surface area contributed by atoms with Gasteiger partial charge in [0, 0.05) is 30.5 Å². The summed E-state index contributed by atoms with van der Waals surface area (Å²) in [7, 11) is -3.75. The van der Waals surface area contributed by atoms with E-state index in [1.807, 2.05) is 0 Å². The molecule has 26 heavy (non-hydrogen) atoms. The molecule has 0 N–H and O–H groups in total. The number of hydrogen-bond acceptors (Lipinski definition) is 7. The van der Waals surface area contributed by atoms with E-state index in [2.05, 4.69) is 0 Å². The zero-order valence-corrected chi connectivity index (χ0v) is 15.3. The van der Waals surface area contributed by atoms with Crippen LogP contribution in [0.3, 0.4) is 0 Å². The molecular formula is C16H20N2O7S. The van der Waals surface area contributed by atoms with Gasteiger partial charge < -0.3 is 9.64 Å². The van der Waals surface area contributed by atoms with Gasteiger partial charge in [0.15, 0.2) is 9.84 Å². The summed E-state index contributed by atoms with van der Waals surface area (Å²) in [6, 6.07) is 2.25. The van der Waals surface area contributed by atoms with Crippen LogP contribution in [0.1, 0.15) is 36.5 Å². The quantitative estimate of drug-likeness (QED) is 0.428. The van der Waals surface area contributed by atoms with E-state index in [9.17, 15) is 28.1 Å². The van der Waals surface area contributed by atoms with Crippen molar-refractivity contribution in [3.05, 3.63) is 33.9 Å². The summed E-state index contributed by atoms with van der Waals surface area (Å²) >= 11 is 0. The summed E-state index contributed by atoms with van der Waals surface area (Å²) in [5, 5.41) is 11.1. The normalized spacial score (nSPS) is 17.6. The number of nitro groups is 1. The van der Waals surface area contributed by atoms with Gasteiger partial charge in [-0.05, 0) is 32.3 Å². The lowest BCUT2D eigenvalue weighted by Crippen LogP contribution is -2.48. The molecule has 1 amide bonds. The Labute approximate surface area is 151 Å². The Morgan fingerprint density at radius 2 is 2.00 bits per heavy atom. The summed E-state index contributed by atoms with van der Waals surface area (Å²) in [6.45, 7) is 2.12. The Bertz CT molecular complexity index is 835. The van der Waals surface area contributed by atoms with Gasteiger partial charge in [0.05, 0.1) is 16.4 Å². The molecule has 1 aromatic carbocycles. The highest BCUT2D eigenvalue weighted by Crippen LogP contribution is 2.25. The number of likely N-dealkylation sites (tertiary alicyclic amines) is 1. The number of ether oxygens (including phenoxy) is 1. The molecule has 1 fully saturated rings. The van der Waals surface area contributed by atoms with Crippen molar-refractivity contribution in [2.24, 2.45) is 0 Å². The predicted octanol–water partition coefficient (Wildman–Crippen LogP) is 1.56. The Hall–Kier alpha value is -2.49. The van der Waals surface area contributed by atoms with E-state index >= 15 is 0 Å². The molecule has 1 heterocycles. The van der Waals surface area contributed by atoms with Gasteiger partial charge in [0.25, 0.3) is 11.6 Å². The van der Waals surface area contributed by atoms with Crippen LogP contribution in [0.5, 0.6) is 0 Å². The van der Waals surface area contributed by atoms with Gasteiger partial charge in [-0.25, -0.2) is 13.2 Å². The Balaban J connectivity index is 2.45. The van der Waals surface area contributed by atoms with E-state index in [4.69, 9.17) is 4.74 Å². The summed E-state index contributed by atoms with van der Waals surface area (Å²) in [4.78, 5) is 36.3. The fraction of sp³-hybridized carbons (Fsp3) is 0.500. The number of hydrogen-bond donors (Lipinski definition) is 0. The highest BCUT2D eigenvalue weighted by Gasteiger charge is 2.34. The van der Waals surface area contributed by atoms with E-state index in [0.29, 0.717) is 19.4 Å². The molecule has 0 aromatic heterocycles. The predicted molar refractivity (Wildman–Crippen MR) is 91.5 cm³/mol. The number of rotatable bonds is 5. The Kier molecular flexibility index (Phi) is 5.96. The molecule has 10 heteroatoms. The second kappa shape index (κ2) is 7.81. The van der Waals surface area contributed by atoms with E-state index in [1.54, 1.807) is 6.92 Å². The highest BCUT2D eigenvalue weighted by molar-refractivity contribution is 7.90. The number of sulfone groups is 1. The molecule has 0 aliphatic carbocycles. The first-order valence-electron chi connectivity index (χ1n) is 8.12. The van der Waals surface area contributed by atoms with Crippen LogP contribution in [-0.2, 0) is 19.4 Å². The number of benzene rings is 1. The number of carbonyl (C=O) groups is 2. The van der Waals surface area contributed by atoms with Crippen molar-refractivity contribution in [1.29, 1.82) is 0 Å². The van der Waals surface area contributed by atoms with Crippen LogP contribution in [0.25, 0.3) is 0 Å². The van der Waals surface area contributed by atoms with Gasteiger partial charge >= 0.3 is 5.97 Å². The van der Waals surface area contributed by atoms with Crippen molar-refractivity contribution >= 4 is 27.4 Å². The van der Waals surface area contributed by atoms with Crippen molar-refractivity contribution in [3.8, 4) is 0 Å². The number of esters is 1.